The van der Waals surface area contributed by atoms with E-state index in [-0.39, 0.29) is 12.0 Å². The van der Waals surface area contributed by atoms with E-state index in [0.29, 0.717) is 18.4 Å². The fraction of sp³-hybridized carbons (Fsp3) is 0.917. The molecule has 0 bridgehead atoms. The summed E-state index contributed by atoms with van der Waals surface area (Å²) in [6.07, 6.45) is 3.35. The van der Waals surface area contributed by atoms with Crippen LogP contribution in [0.2, 0.25) is 0 Å². The molecule has 3 unspecified atom stereocenters. The van der Waals surface area contributed by atoms with Gasteiger partial charge in [-0.15, -0.1) is 0 Å². The van der Waals surface area contributed by atoms with Crippen LogP contribution < -0.4 is 5.32 Å². The Morgan fingerprint density at radius 2 is 2.33 bits per heavy atom. The van der Waals surface area contributed by atoms with Gasteiger partial charge in [0.15, 0.2) is 0 Å². The fourth-order valence-electron chi connectivity index (χ4n) is 2.04. The van der Waals surface area contributed by atoms with Gasteiger partial charge in [-0.1, -0.05) is 27.2 Å². The molecule has 0 saturated carbocycles. The van der Waals surface area contributed by atoms with E-state index in [9.17, 15) is 4.79 Å². The van der Waals surface area contributed by atoms with Crippen molar-refractivity contribution in [3.8, 4) is 0 Å². The van der Waals surface area contributed by atoms with Crippen LogP contribution in [-0.2, 0) is 9.53 Å². The Hall–Kier alpha value is -0.570. The van der Waals surface area contributed by atoms with Crippen molar-refractivity contribution in [1.82, 2.24) is 5.32 Å². The summed E-state index contributed by atoms with van der Waals surface area (Å²) in [6.45, 7) is 7.88. The van der Waals surface area contributed by atoms with Crippen LogP contribution in [0.1, 0.15) is 40.0 Å². The maximum atomic E-state index is 11.7. The predicted octanol–water partition coefficient (Wildman–Crippen LogP) is 1.96. The molecule has 0 radical (unpaired) electrons. The van der Waals surface area contributed by atoms with Crippen LogP contribution in [0, 0.1) is 11.8 Å². The summed E-state index contributed by atoms with van der Waals surface area (Å²) in [6, 6.07) is -0.0705. The van der Waals surface area contributed by atoms with Crippen molar-refractivity contribution < 1.29 is 9.53 Å². The third-order valence-corrected chi connectivity index (χ3v) is 3.08. The molecule has 0 aromatic carbocycles. The molecular weight excluding hydrogens is 190 g/mol. The van der Waals surface area contributed by atoms with Crippen molar-refractivity contribution in [2.45, 2.75) is 46.1 Å². The lowest BCUT2D eigenvalue weighted by Crippen LogP contribution is -2.36. The molecule has 3 nitrogen and oxygen atoms in total. The Morgan fingerprint density at radius 1 is 1.60 bits per heavy atom. The minimum absolute atomic E-state index is 0.0667. The summed E-state index contributed by atoms with van der Waals surface area (Å²) < 4.78 is 5.31. The van der Waals surface area contributed by atoms with Gasteiger partial charge in [-0.2, -0.15) is 0 Å². The Bertz CT molecular complexity index is 206. The molecule has 0 aromatic heterocycles. The van der Waals surface area contributed by atoms with Gasteiger partial charge in [0.25, 0.3) is 0 Å². The summed E-state index contributed by atoms with van der Waals surface area (Å²) in [7, 11) is 0. The molecule has 1 aliphatic rings. The highest BCUT2D eigenvalue weighted by Crippen LogP contribution is 2.16. The minimum atomic E-state index is -0.0705. The number of carbonyl (C=O) groups excluding carboxylic acids is 1. The van der Waals surface area contributed by atoms with Crippen molar-refractivity contribution in [3.63, 3.8) is 0 Å². The lowest BCUT2D eigenvalue weighted by molar-refractivity contribution is -0.148. The van der Waals surface area contributed by atoms with E-state index in [1.807, 2.05) is 0 Å². The first-order valence-electron chi connectivity index (χ1n) is 6.05. The average molecular weight is 213 g/mol. The van der Waals surface area contributed by atoms with Gasteiger partial charge < -0.3 is 10.1 Å². The largest absolute Gasteiger partial charge is 0.464 e. The van der Waals surface area contributed by atoms with Gasteiger partial charge in [0.1, 0.15) is 6.04 Å². The first-order chi connectivity index (χ1) is 7.15. The van der Waals surface area contributed by atoms with Gasteiger partial charge in [0, 0.05) is 0 Å². The van der Waals surface area contributed by atoms with Crippen LogP contribution in [0.3, 0.4) is 0 Å². The smallest absolute Gasteiger partial charge is 0.323 e. The van der Waals surface area contributed by atoms with E-state index in [1.165, 1.54) is 0 Å². The van der Waals surface area contributed by atoms with Crippen LogP contribution in [0.4, 0.5) is 0 Å². The molecule has 0 aliphatic carbocycles. The highest BCUT2D eigenvalue weighted by atomic mass is 16.5. The Kier molecular flexibility index (Phi) is 5.09. The number of nitrogens with one attached hydrogen (secondary N) is 1. The van der Waals surface area contributed by atoms with Gasteiger partial charge in [0.2, 0.25) is 0 Å². The molecule has 1 N–H and O–H groups in total. The van der Waals surface area contributed by atoms with E-state index in [1.54, 1.807) is 0 Å². The van der Waals surface area contributed by atoms with Crippen LogP contribution >= 0.6 is 0 Å². The SMILES string of the molecule is CCCC(C)COC(=O)C1NCCC1C. The predicted molar refractivity (Wildman–Crippen MR) is 60.6 cm³/mol. The average Bonchev–Trinajstić information content (AvgIpc) is 2.61. The molecule has 3 heteroatoms. The van der Waals surface area contributed by atoms with E-state index < -0.39 is 0 Å². The second kappa shape index (κ2) is 6.11. The second-order valence-electron chi connectivity index (χ2n) is 4.72. The molecule has 0 aromatic rings. The lowest BCUT2D eigenvalue weighted by Gasteiger charge is -2.16. The Labute approximate surface area is 92.6 Å². The minimum Gasteiger partial charge on any atom is -0.464 e. The molecule has 88 valence electrons. The van der Waals surface area contributed by atoms with Crippen LogP contribution in [0.5, 0.6) is 0 Å². The molecule has 1 fully saturated rings. The summed E-state index contributed by atoms with van der Waals surface area (Å²) in [5, 5.41) is 3.19. The van der Waals surface area contributed by atoms with Crippen molar-refractivity contribution >= 4 is 5.97 Å². The first kappa shape index (κ1) is 12.5. The first-order valence-corrected chi connectivity index (χ1v) is 6.05. The summed E-state index contributed by atoms with van der Waals surface area (Å²) in [4.78, 5) is 11.7. The highest BCUT2D eigenvalue weighted by molar-refractivity contribution is 5.76. The highest BCUT2D eigenvalue weighted by Gasteiger charge is 2.30. The molecule has 0 spiro atoms. The normalized spacial score (nSPS) is 27.7. The van der Waals surface area contributed by atoms with Gasteiger partial charge in [-0.25, -0.2) is 0 Å². The molecule has 1 saturated heterocycles. The Balaban J connectivity index is 2.23. The standard InChI is InChI=1S/C12H23NO2/c1-4-5-9(2)8-15-12(14)11-10(3)6-7-13-11/h9-11,13H,4-8H2,1-3H3. The summed E-state index contributed by atoms with van der Waals surface area (Å²) in [5.74, 6) is 0.831. The van der Waals surface area contributed by atoms with Crippen molar-refractivity contribution in [3.05, 3.63) is 0 Å². The monoisotopic (exact) mass is 213 g/mol. The second-order valence-corrected chi connectivity index (χ2v) is 4.72. The summed E-state index contributed by atoms with van der Waals surface area (Å²) in [5.41, 5.74) is 0. The van der Waals surface area contributed by atoms with Gasteiger partial charge in [-0.3, -0.25) is 4.79 Å². The molecule has 15 heavy (non-hydrogen) atoms. The van der Waals surface area contributed by atoms with Gasteiger partial charge in [-0.05, 0) is 31.2 Å². The number of ether oxygens (including phenoxy) is 1. The molecular formula is C12H23NO2. The molecule has 1 rings (SSSR count). The maximum absolute atomic E-state index is 11.7. The van der Waals surface area contributed by atoms with Gasteiger partial charge in [0.05, 0.1) is 6.61 Å². The fourth-order valence-corrected chi connectivity index (χ4v) is 2.04. The van der Waals surface area contributed by atoms with Crippen LogP contribution in [0.15, 0.2) is 0 Å². The molecule has 1 heterocycles. The van der Waals surface area contributed by atoms with Crippen molar-refractivity contribution in [2.24, 2.45) is 11.8 Å². The zero-order chi connectivity index (χ0) is 11.3. The van der Waals surface area contributed by atoms with E-state index >= 15 is 0 Å². The number of esters is 1. The molecule has 3 atom stereocenters. The zero-order valence-corrected chi connectivity index (χ0v) is 10.1. The number of rotatable bonds is 5. The quantitative estimate of drug-likeness (QED) is 0.709. The number of hydrogen-bond acceptors (Lipinski definition) is 3. The van der Waals surface area contributed by atoms with Gasteiger partial charge >= 0.3 is 5.97 Å². The van der Waals surface area contributed by atoms with E-state index in [0.717, 1.165) is 25.8 Å². The molecule has 0 amide bonds. The van der Waals surface area contributed by atoms with E-state index in [2.05, 4.69) is 26.1 Å². The zero-order valence-electron chi connectivity index (χ0n) is 10.1. The topological polar surface area (TPSA) is 38.3 Å². The number of carbonyl (C=O) groups is 1. The van der Waals surface area contributed by atoms with E-state index in [4.69, 9.17) is 4.74 Å². The van der Waals surface area contributed by atoms with Crippen LogP contribution in [-0.4, -0.2) is 25.2 Å². The maximum Gasteiger partial charge on any atom is 0.323 e. The van der Waals surface area contributed by atoms with Crippen molar-refractivity contribution in [1.29, 1.82) is 0 Å². The number of hydrogen-bond donors (Lipinski definition) is 1. The van der Waals surface area contributed by atoms with Crippen LogP contribution in [0.25, 0.3) is 0 Å². The summed E-state index contributed by atoms with van der Waals surface area (Å²) >= 11 is 0. The molecule has 1 aliphatic heterocycles. The third kappa shape index (κ3) is 3.82. The Morgan fingerprint density at radius 3 is 2.87 bits per heavy atom. The lowest BCUT2D eigenvalue weighted by atomic mass is 10.0. The van der Waals surface area contributed by atoms with Crippen molar-refractivity contribution in [2.75, 3.05) is 13.2 Å². The third-order valence-electron chi connectivity index (χ3n) is 3.08.